The lowest BCUT2D eigenvalue weighted by Crippen LogP contribution is -2.26. The molecule has 0 amide bonds. The van der Waals surface area contributed by atoms with E-state index in [2.05, 4.69) is 240 Å². The second kappa shape index (κ2) is 13.0. The van der Waals surface area contributed by atoms with Crippen LogP contribution in [0.15, 0.2) is 231 Å². The van der Waals surface area contributed by atoms with Crippen molar-refractivity contribution in [3.8, 4) is 39.1 Å². The predicted molar refractivity (Wildman–Crippen MR) is 255 cm³/mol. The molecule has 0 saturated heterocycles. The minimum atomic E-state index is -0.425. The Kier molecular flexibility index (Phi) is 7.26. The number of anilines is 3. The van der Waals surface area contributed by atoms with Crippen molar-refractivity contribution in [2.75, 3.05) is 4.90 Å². The van der Waals surface area contributed by atoms with Gasteiger partial charge in [0, 0.05) is 33.2 Å². The molecular weight excluding hydrogens is 737 g/mol. The van der Waals surface area contributed by atoms with Crippen LogP contribution >= 0.6 is 0 Å². The second-order valence-corrected chi connectivity index (χ2v) is 16.4. The summed E-state index contributed by atoms with van der Waals surface area (Å²) in [6, 6.07) is 85.3. The summed E-state index contributed by atoms with van der Waals surface area (Å²) >= 11 is 0. The quantitative estimate of drug-likeness (QED) is 0.169. The van der Waals surface area contributed by atoms with Crippen molar-refractivity contribution in [1.82, 2.24) is 4.57 Å². The van der Waals surface area contributed by atoms with Crippen LogP contribution < -0.4 is 4.90 Å². The zero-order valence-electron chi connectivity index (χ0n) is 33.3. The van der Waals surface area contributed by atoms with Gasteiger partial charge in [0.2, 0.25) is 0 Å². The summed E-state index contributed by atoms with van der Waals surface area (Å²) in [4.78, 5) is 2.46. The number of fused-ring (bicyclic) bond motifs is 14. The maximum absolute atomic E-state index is 2.49. The van der Waals surface area contributed by atoms with Crippen LogP contribution in [-0.2, 0) is 5.41 Å². The molecule has 11 aromatic rings. The van der Waals surface area contributed by atoms with Crippen LogP contribution in [0.3, 0.4) is 0 Å². The van der Waals surface area contributed by atoms with E-state index in [0.717, 1.165) is 17.1 Å². The number of rotatable bonds is 5. The van der Waals surface area contributed by atoms with E-state index in [1.54, 1.807) is 0 Å². The van der Waals surface area contributed by atoms with Gasteiger partial charge in [-0.3, -0.25) is 0 Å². The number of para-hydroxylation sites is 2. The summed E-state index contributed by atoms with van der Waals surface area (Å²) in [6.45, 7) is 0. The molecule has 13 rings (SSSR count). The predicted octanol–water partition coefficient (Wildman–Crippen LogP) is 15.4. The third-order valence-corrected chi connectivity index (χ3v) is 13.4. The average molecular weight is 775 g/mol. The number of hydrogen-bond donors (Lipinski definition) is 0. The number of aromatic nitrogens is 1. The Morgan fingerprint density at radius 2 is 0.869 bits per heavy atom. The van der Waals surface area contributed by atoms with Gasteiger partial charge in [-0.2, -0.15) is 0 Å². The molecular formula is C59H38N2. The van der Waals surface area contributed by atoms with Crippen molar-refractivity contribution in [2.24, 2.45) is 0 Å². The third kappa shape index (κ3) is 4.79. The van der Waals surface area contributed by atoms with E-state index in [1.165, 1.54) is 93.9 Å². The topological polar surface area (TPSA) is 8.17 Å². The Labute approximate surface area is 354 Å². The molecule has 0 aliphatic heterocycles. The summed E-state index contributed by atoms with van der Waals surface area (Å²) in [5.41, 5.74) is 19.5. The molecule has 2 aliphatic rings. The van der Waals surface area contributed by atoms with Crippen molar-refractivity contribution in [3.63, 3.8) is 0 Å². The van der Waals surface area contributed by atoms with Crippen LogP contribution in [-0.4, -0.2) is 4.57 Å². The summed E-state index contributed by atoms with van der Waals surface area (Å²) < 4.78 is 2.38. The summed E-state index contributed by atoms with van der Waals surface area (Å²) in [7, 11) is 0. The average Bonchev–Trinajstić information content (AvgIpc) is 3.94. The lowest BCUT2D eigenvalue weighted by molar-refractivity contribution is 0.793. The number of hydrogen-bond acceptors (Lipinski definition) is 1. The van der Waals surface area contributed by atoms with Crippen LogP contribution in [0.4, 0.5) is 17.1 Å². The molecule has 1 aromatic heterocycles. The summed E-state index contributed by atoms with van der Waals surface area (Å²) in [5, 5.41) is 4.94. The molecule has 0 radical (unpaired) electrons. The van der Waals surface area contributed by atoms with E-state index < -0.39 is 5.41 Å². The first-order chi connectivity index (χ1) is 30.3. The maximum atomic E-state index is 2.49. The molecule has 2 nitrogen and oxygen atoms in total. The molecule has 61 heavy (non-hydrogen) atoms. The van der Waals surface area contributed by atoms with E-state index in [9.17, 15) is 0 Å². The van der Waals surface area contributed by atoms with Gasteiger partial charge in [0.1, 0.15) is 0 Å². The standard InChI is InChI=1S/C59H38N2/c1-2-17-42(18-3-1)61-57-27-13-9-23-50(57)51-37-41(31-36-58(51)61)39-29-32-43(33-30-39)60(56-28-14-16-40-15-4-5-19-45(40)56)44-34-35-49-48-22-8-12-26-54(48)59(55(49)38-44)52-24-10-6-20-46(52)47-21-7-11-25-53(47)59/h1-38H. The molecule has 0 atom stereocenters. The van der Waals surface area contributed by atoms with Crippen molar-refractivity contribution < 1.29 is 0 Å². The van der Waals surface area contributed by atoms with Gasteiger partial charge < -0.3 is 9.47 Å². The van der Waals surface area contributed by atoms with Crippen molar-refractivity contribution in [2.45, 2.75) is 5.41 Å². The molecule has 0 fully saturated rings. The molecule has 10 aromatic carbocycles. The van der Waals surface area contributed by atoms with Gasteiger partial charge in [0.05, 0.1) is 22.1 Å². The van der Waals surface area contributed by atoms with Gasteiger partial charge in [0.25, 0.3) is 0 Å². The highest BCUT2D eigenvalue weighted by atomic mass is 15.1. The number of nitrogens with zero attached hydrogens (tertiary/aromatic N) is 2. The zero-order valence-corrected chi connectivity index (χ0v) is 33.3. The lowest BCUT2D eigenvalue weighted by Gasteiger charge is -2.32. The lowest BCUT2D eigenvalue weighted by atomic mass is 9.70. The highest BCUT2D eigenvalue weighted by molar-refractivity contribution is 6.10. The zero-order chi connectivity index (χ0) is 40.1. The van der Waals surface area contributed by atoms with E-state index in [4.69, 9.17) is 0 Å². The van der Waals surface area contributed by atoms with Gasteiger partial charge in [-0.1, -0.05) is 170 Å². The summed E-state index contributed by atoms with van der Waals surface area (Å²) in [6.07, 6.45) is 0. The first kappa shape index (κ1) is 34.0. The fraction of sp³-hybridized carbons (Fsp3) is 0.0169. The first-order valence-electron chi connectivity index (χ1n) is 21.2. The van der Waals surface area contributed by atoms with Gasteiger partial charge in [-0.05, 0) is 122 Å². The fourth-order valence-corrected chi connectivity index (χ4v) is 10.9. The van der Waals surface area contributed by atoms with Crippen molar-refractivity contribution in [1.29, 1.82) is 0 Å². The molecule has 0 bridgehead atoms. The molecule has 1 heterocycles. The molecule has 284 valence electrons. The van der Waals surface area contributed by atoms with Gasteiger partial charge >= 0.3 is 0 Å². The highest BCUT2D eigenvalue weighted by Gasteiger charge is 2.51. The number of benzene rings is 10. The molecule has 0 saturated carbocycles. The fourth-order valence-electron chi connectivity index (χ4n) is 10.9. The Balaban J connectivity index is 0.993. The monoisotopic (exact) mass is 774 g/mol. The normalized spacial score (nSPS) is 13.0. The molecule has 2 heteroatoms. The molecule has 2 aliphatic carbocycles. The Bertz CT molecular complexity index is 3470. The maximum Gasteiger partial charge on any atom is 0.0726 e. The van der Waals surface area contributed by atoms with Gasteiger partial charge in [-0.25, -0.2) is 0 Å². The van der Waals surface area contributed by atoms with Crippen molar-refractivity contribution in [3.05, 3.63) is 253 Å². The van der Waals surface area contributed by atoms with Gasteiger partial charge in [-0.15, -0.1) is 0 Å². The Morgan fingerprint density at radius 1 is 0.328 bits per heavy atom. The highest BCUT2D eigenvalue weighted by Crippen LogP contribution is 2.63. The smallest absolute Gasteiger partial charge is 0.0726 e. The van der Waals surface area contributed by atoms with E-state index in [1.807, 2.05) is 0 Å². The van der Waals surface area contributed by atoms with Crippen molar-refractivity contribution >= 4 is 49.6 Å². The minimum Gasteiger partial charge on any atom is -0.310 e. The SMILES string of the molecule is c1ccc(-n2c3ccccc3c3cc(-c4ccc(N(c5ccc6c(c5)C5(c7ccccc7-c7ccccc75)c5ccccc5-6)c5cccc6ccccc56)cc4)ccc32)cc1. The van der Waals surface area contributed by atoms with Crippen LogP contribution in [0.25, 0.3) is 71.6 Å². The van der Waals surface area contributed by atoms with E-state index in [-0.39, 0.29) is 0 Å². The van der Waals surface area contributed by atoms with E-state index in [0.29, 0.717) is 0 Å². The van der Waals surface area contributed by atoms with Gasteiger partial charge in [0.15, 0.2) is 0 Å². The van der Waals surface area contributed by atoms with Crippen LogP contribution in [0.5, 0.6) is 0 Å². The third-order valence-electron chi connectivity index (χ3n) is 13.4. The first-order valence-corrected chi connectivity index (χ1v) is 21.2. The summed E-state index contributed by atoms with van der Waals surface area (Å²) in [5.74, 6) is 0. The van der Waals surface area contributed by atoms with Crippen LogP contribution in [0, 0.1) is 0 Å². The molecule has 0 unspecified atom stereocenters. The Hall–Kier alpha value is -7.94. The van der Waals surface area contributed by atoms with E-state index >= 15 is 0 Å². The minimum absolute atomic E-state index is 0.425. The van der Waals surface area contributed by atoms with Crippen LogP contribution in [0.1, 0.15) is 22.3 Å². The Morgan fingerprint density at radius 3 is 1.59 bits per heavy atom. The molecule has 1 spiro atoms. The molecule has 0 N–H and O–H groups in total. The largest absolute Gasteiger partial charge is 0.310 e. The van der Waals surface area contributed by atoms with Crippen LogP contribution in [0.2, 0.25) is 0 Å². The second-order valence-electron chi connectivity index (χ2n) is 16.4.